The normalized spacial score (nSPS) is 21.4. The number of thioether (sulfide) groups is 1. The number of fused-ring (bicyclic) bond motifs is 1. The molecule has 1 heterocycles. The average molecular weight is 359 g/mol. The van der Waals surface area contributed by atoms with Crippen molar-refractivity contribution in [1.29, 1.82) is 0 Å². The third-order valence-electron chi connectivity index (χ3n) is 5.11. The van der Waals surface area contributed by atoms with E-state index in [1.54, 1.807) is 0 Å². The third kappa shape index (κ3) is 4.94. The highest BCUT2D eigenvalue weighted by atomic mass is 32.2. The second-order valence-corrected chi connectivity index (χ2v) is 7.97. The number of aromatic amines is 1. The standard InChI is InChI=1S/C20H30N4S/c1-21-20(24-16-8-5-9-17(13-16)25-2)22-12-6-7-15-14-23-19-11-4-3-10-18(15)19/h3-4,10-11,14,16-17,23H,5-9,12-13H2,1-2H3,(H2,21,22,24). The fourth-order valence-corrected chi connectivity index (χ4v) is 4.53. The molecule has 2 unspecified atom stereocenters. The van der Waals surface area contributed by atoms with E-state index in [0.29, 0.717) is 6.04 Å². The van der Waals surface area contributed by atoms with E-state index in [2.05, 4.69) is 57.3 Å². The Bertz CT molecular complexity index is 694. The topological polar surface area (TPSA) is 52.2 Å². The molecule has 25 heavy (non-hydrogen) atoms. The first-order valence-corrected chi connectivity index (χ1v) is 10.6. The van der Waals surface area contributed by atoms with Crippen molar-refractivity contribution in [2.75, 3.05) is 19.8 Å². The number of aryl methyl sites for hydroxylation is 1. The molecule has 0 amide bonds. The molecule has 5 heteroatoms. The van der Waals surface area contributed by atoms with Gasteiger partial charge in [0, 0.05) is 42.0 Å². The summed E-state index contributed by atoms with van der Waals surface area (Å²) < 4.78 is 0. The van der Waals surface area contributed by atoms with Crippen molar-refractivity contribution in [2.24, 2.45) is 4.99 Å². The van der Waals surface area contributed by atoms with Gasteiger partial charge in [-0.1, -0.05) is 24.6 Å². The Morgan fingerprint density at radius 3 is 3.04 bits per heavy atom. The Morgan fingerprint density at radius 1 is 1.32 bits per heavy atom. The van der Waals surface area contributed by atoms with Crippen LogP contribution < -0.4 is 10.6 Å². The molecule has 1 aliphatic rings. The van der Waals surface area contributed by atoms with E-state index >= 15 is 0 Å². The zero-order chi connectivity index (χ0) is 17.5. The molecule has 1 aliphatic carbocycles. The van der Waals surface area contributed by atoms with Crippen LogP contribution in [0, 0.1) is 0 Å². The maximum Gasteiger partial charge on any atom is 0.191 e. The lowest BCUT2D eigenvalue weighted by molar-refractivity contribution is 0.419. The van der Waals surface area contributed by atoms with Crippen LogP contribution in [-0.4, -0.2) is 42.1 Å². The fourth-order valence-electron chi connectivity index (χ4n) is 3.70. The molecule has 136 valence electrons. The molecule has 0 aliphatic heterocycles. The quantitative estimate of drug-likeness (QED) is 0.416. The van der Waals surface area contributed by atoms with Gasteiger partial charge in [0.15, 0.2) is 5.96 Å². The number of H-pyrrole nitrogens is 1. The second kappa shape index (κ2) is 9.18. The van der Waals surface area contributed by atoms with Crippen molar-refractivity contribution in [1.82, 2.24) is 15.6 Å². The van der Waals surface area contributed by atoms with Gasteiger partial charge in [-0.25, -0.2) is 0 Å². The van der Waals surface area contributed by atoms with E-state index in [1.165, 1.54) is 42.1 Å². The Morgan fingerprint density at radius 2 is 2.20 bits per heavy atom. The number of benzene rings is 1. The van der Waals surface area contributed by atoms with Gasteiger partial charge in [0.1, 0.15) is 0 Å². The van der Waals surface area contributed by atoms with E-state index in [4.69, 9.17) is 0 Å². The summed E-state index contributed by atoms with van der Waals surface area (Å²) in [5, 5.41) is 9.23. The smallest absolute Gasteiger partial charge is 0.191 e. The van der Waals surface area contributed by atoms with Crippen molar-refractivity contribution >= 4 is 28.6 Å². The Balaban J connectivity index is 1.42. The molecule has 1 aromatic heterocycles. The molecular weight excluding hydrogens is 328 g/mol. The number of nitrogens with zero attached hydrogens (tertiary/aromatic N) is 1. The molecule has 0 radical (unpaired) electrons. The Kier molecular flexibility index (Phi) is 6.68. The lowest BCUT2D eigenvalue weighted by Gasteiger charge is -2.29. The van der Waals surface area contributed by atoms with Crippen LogP contribution in [-0.2, 0) is 6.42 Å². The Hall–Kier alpha value is -1.62. The van der Waals surface area contributed by atoms with Crippen LogP contribution in [0.2, 0.25) is 0 Å². The molecule has 1 saturated carbocycles. The van der Waals surface area contributed by atoms with Gasteiger partial charge in [0.25, 0.3) is 0 Å². The molecule has 0 saturated heterocycles. The summed E-state index contributed by atoms with van der Waals surface area (Å²) in [6, 6.07) is 9.07. The van der Waals surface area contributed by atoms with Crippen molar-refractivity contribution in [3.8, 4) is 0 Å². The molecular formula is C20H30N4S. The summed E-state index contributed by atoms with van der Waals surface area (Å²) in [5.41, 5.74) is 2.62. The van der Waals surface area contributed by atoms with Gasteiger partial charge in [0.2, 0.25) is 0 Å². The van der Waals surface area contributed by atoms with Crippen molar-refractivity contribution in [3.63, 3.8) is 0 Å². The fraction of sp³-hybridized carbons (Fsp3) is 0.550. The predicted octanol–water partition coefficient (Wildman–Crippen LogP) is 3.94. The molecule has 3 N–H and O–H groups in total. The maximum atomic E-state index is 4.40. The molecule has 1 aromatic carbocycles. The first kappa shape index (κ1) is 18.2. The Labute approximate surface area is 155 Å². The molecule has 3 rings (SSSR count). The zero-order valence-electron chi connectivity index (χ0n) is 15.3. The molecule has 4 nitrogen and oxygen atoms in total. The number of hydrogen-bond donors (Lipinski definition) is 3. The van der Waals surface area contributed by atoms with Crippen LogP contribution in [0.4, 0.5) is 0 Å². The number of rotatable bonds is 6. The first-order valence-electron chi connectivity index (χ1n) is 9.35. The summed E-state index contributed by atoms with van der Waals surface area (Å²) in [6.45, 7) is 0.942. The van der Waals surface area contributed by atoms with Crippen LogP contribution in [0.5, 0.6) is 0 Å². The number of aliphatic imine (C=N–C) groups is 1. The maximum absolute atomic E-state index is 4.40. The summed E-state index contributed by atoms with van der Waals surface area (Å²) in [7, 11) is 1.86. The zero-order valence-corrected chi connectivity index (χ0v) is 16.2. The predicted molar refractivity (Wildman–Crippen MR) is 111 cm³/mol. The van der Waals surface area contributed by atoms with Crippen molar-refractivity contribution in [2.45, 2.75) is 49.8 Å². The van der Waals surface area contributed by atoms with Crippen LogP contribution >= 0.6 is 11.8 Å². The number of para-hydroxylation sites is 1. The van der Waals surface area contributed by atoms with Gasteiger partial charge >= 0.3 is 0 Å². The lowest BCUT2D eigenvalue weighted by Crippen LogP contribution is -2.45. The van der Waals surface area contributed by atoms with E-state index in [-0.39, 0.29) is 0 Å². The van der Waals surface area contributed by atoms with Crippen LogP contribution in [0.3, 0.4) is 0 Å². The van der Waals surface area contributed by atoms with Gasteiger partial charge in [0.05, 0.1) is 0 Å². The van der Waals surface area contributed by atoms with Crippen molar-refractivity contribution < 1.29 is 0 Å². The minimum Gasteiger partial charge on any atom is -0.361 e. The SMILES string of the molecule is CN=C(NCCCc1c[nH]c2ccccc12)NC1CCCC(SC)C1. The second-order valence-electron chi connectivity index (χ2n) is 6.83. The molecule has 0 spiro atoms. The monoisotopic (exact) mass is 358 g/mol. The van der Waals surface area contributed by atoms with E-state index < -0.39 is 0 Å². The van der Waals surface area contributed by atoms with Crippen LogP contribution in [0.15, 0.2) is 35.5 Å². The molecule has 0 bridgehead atoms. The van der Waals surface area contributed by atoms with Crippen LogP contribution in [0.25, 0.3) is 10.9 Å². The molecule has 1 fully saturated rings. The highest BCUT2D eigenvalue weighted by Crippen LogP contribution is 2.26. The summed E-state index contributed by atoms with van der Waals surface area (Å²) in [4.78, 5) is 7.75. The highest BCUT2D eigenvalue weighted by Gasteiger charge is 2.21. The number of guanidine groups is 1. The minimum atomic E-state index is 0.561. The summed E-state index contributed by atoms with van der Waals surface area (Å²) in [6.07, 6.45) is 11.7. The minimum absolute atomic E-state index is 0.561. The molecule has 2 aromatic rings. The highest BCUT2D eigenvalue weighted by molar-refractivity contribution is 7.99. The summed E-state index contributed by atoms with van der Waals surface area (Å²) in [5.74, 6) is 0.950. The van der Waals surface area contributed by atoms with Gasteiger partial charge in [-0.05, 0) is 50.0 Å². The number of hydrogen-bond acceptors (Lipinski definition) is 2. The van der Waals surface area contributed by atoms with Crippen molar-refractivity contribution in [3.05, 3.63) is 36.0 Å². The lowest BCUT2D eigenvalue weighted by atomic mass is 9.95. The molecule has 2 atom stereocenters. The van der Waals surface area contributed by atoms with Gasteiger partial charge in [-0.2, -0.15) is 11.8 Å². The largest absolute Gasteiger partial charge is 0.361 e. The summed E-state index contributed by atoms with van der Waals surface area (Å²) >= 11 is 2.00. The van der Waals surface area contributed by atoms with Gasteiger partial charge < -0.3 is 15.6 Å². The van der Waals surface area contributed by atoms with Gasteiger partial charge in [-0.3, -0.25) is 4.99 Å². The van der Waals surface area contributed by atoms with E-state index in [1.807, 2.05) is 18.8 Å². The van der Waals surface area contributed by atoms with E-state index in [9.17, 15) is 0 Å². The van der Waals surface area contributed by atoms with Crippen LogP contribution in [0.1, 0.15) is 37.7 Å². The number of aromatic nitrogens is 1. The van der Waals surface area contributed by atoms with E-state index in [0.717, 1.165) is 30.6 Å². The number of nitrogens with one attached hydrogen (secondary N) is 3. The first-order chi connectivity index (χ1) is 12.3. The third-order valence-corrected chi connectivity index (χ3v) is 6.21. The van der Waals surface area contributed by atoms with Gasteiger partial charge in [-0.15, -0.1) is 0 Å². The average Bonchev–Trinajstić information content (AvgIpc) is 3.07.